The van der Waals surface area contributed by atoms with Crippen molar-refractivity contribution in [1.29, 1.82) is 0 Å². The fraction of sp³-hybridized carbons (Fsp3) is 0.500. The van der Waals surface area contributed by atoms with Crippen molar-refractivity contribution in [3.63, 3.8) is 0 Å². The first kappa shape index (κ1) is 14.7. The Morgan fingerprint density at radius 3 is 2.39 bits per heavy atom. The van der Waals surface area contributed by atoms with Crippen molar-refractivity contribution in [2.75, 3.05) is 26.2 Å². The maximum Gasteiger partial charge on any atom is 0.269 e. The van der Waals surface area contributed by atoms with Crippen molar-refractivity contribution >= 4 is 18.1 Å². The maximum absolute atomic E-state index is 10.5. The van der Waals surface area contributed by atoms with E-state index >= 15 is 0 Å². The number of nitrogens with zero attached hydrogens (tertiary/aromatic N) is 2. The van der Waals surface area contributed by atoms with Gasteiger partial charge in [-0.1, -0.05) is 0 Å². The van der Waals surface area contributed by atoms with Gasteiger partial charge in [0.1, 0.15) is 12.4 Å². The van der Waals surface area contributed by atoms with Gasteiger partial charge in [-0.25, -0.2) is 0 Å². The number of rotatable bonds is 5. The third-order valence-corrected chi connectivity index (χ3v) is 2.92. The molecule has 0 bridgehead atoms. The van der Waals surface area contributed by atoms with E-state index in [-0.39, 0.29) is 18.1 Å². The van der Waals surface area contributed by atoms with Gasteiger partial charge in [-0.15, -0.1) is 12.4 Å². The summed E-state index contributed by atoms with van der Waals surface area (Å²) in [4.78, 5) is 12.4. The number of hydrogen-bond acceptors (Lipinski definition) is 4. The summed E-state index contributed by atoms with van der Waals surface area (Å²) in [6, 6.07) is 6.21. The standard InChI is InChI=1S/C12H16N2O3.ClH/c15-14(16)11-3-5-12(6-4-11)17-10-9-13-7-1-2-8-13;/h3-6H,1-2,7-10H2;1H. The Hall–Kier alpha value is -1.33. The monoisotopic (exact) mass is 272 g/mol. The smallest absolute Gasteiger partial charge is 0.269 e. The van der Waals surface area contributed by atoms with Crippen molar-refractivity contribution in [3.05, 3.63) is 34.4 Å². The SMILES string of the molecule is Cl.O=[N+]([O-])c1ccc(OCCN2CCCC2)cc1. The van der Waals surface area contributed by atoms with Crippen molar-refractivity contribution in [2.24, 2.45) is 0 Å². The summed E-state index contributed by atoms with van der Waals surface area (Å²) in [5.41, 5.74) is 0.0943. The molecule has 0 aromatic heterocycles. The molecule has 0 aliphatic carbocycles. The van der Waals surface area contributed by atoms with Gasteiger partial charge in [-0.05, 0) is 38.1 Å². The zero-order chi connectivity index (χ0) is 12.1. The molecule has 0 amide bonds. The summed E-state index contributed by atoms with van der Waals surface area (Å²) in [6.07, 6.45) is 2.55. The molecule has 0 saturated carbocycles. The lowest BCUT2D eigenvalue weighted by Crippen LogP contribution is -2.25. The Kier molecular flexibility index (Phi) is 5.88. The van der Waals surface area contributed by atoms with E-state index < -0.39 is 4.92 Å². The van der Waals surface area contributed by atoms with Crippen LogP contribution in [-0.2, 0) is 0 Å². The van der Waals surface area contributed by atoms with Gasteiger partial charge in [-0.3, -0.25) is 15.0 Å². The van der Waals surface area contributed by atoms with Crippen LogP contribution in [0.3, 0.4) is 0 Å². The molecule has 6 heteroatoms. The molecule has 0 spiro atoms. The minimum absolute atomic E-state index is 0. The van der Waals surface area contributed by atoms with Crippen LogP contribution in [-0.4, -0.2) is 36.1 Å². The fourth-order valence-electron chi connectivity index (χ4n) is 1.96. The van der Waals surface area contributed by atoms with Crippen LogP contribution in [0.25, 0.3) is 0 Å². The number of non-ortho nitro benzene ring substituents is 1. The molecule has 1 saturated heterocycles. The van der Waals surface area contributed by atoms with Crippen LogP contribution >= 0.6 is 12.4 Å². The summed E-state index contributed by atoms with van der Waals surface area (Å²) in [6.45, 7) is 3.88. The molecule has 18 heavy (non-hydrogen) atoms. The molecular weight excluding hydrogens is 256 g/mol. The van der Waals surface area contributed by atoms with Crippen LogP contribution in [0.1, 0.15) is 12.8 Å². The Labute approximate surface area is 112 Å². The highest BCUT2D eigenvalue weighted by Gasteiger charge is 2.11. The van der Waals surface area contributed by atoms with E-state index in [1.807, 2.05) is 0 Å². The zero-order valence-corrected chi connectivity index (χ0v) is 10.9. The van der Waals surface area contributed by atoms with Crippen LogP contribution in [0.5, 0.6) is 5.75 Å². The van der Waals surface area contributed by atoms with Crippen LogP contribution < -0.4 is 4.74 Å². The van der Waals surface area contributed by atoms with Crippen LogP contribution in [0.15, 0.2) is 24.3 Å². The highest BCUT2D eigenvalue weighted by atomic mass is 35.5. The Bertz CT molecular complexity index is 377. The van der Waals surface area contributed by atoms with Gasteiger partial charge in [-0.2, -0.15) is 0 Å². The molecule has 1 fully saturated rings. The van der Waals surface area contributed by atoms with E-state index in [4.69, 9.17) is 4.74 Å². The number of likely N-dealkylation sites (tertiary alicyclic amines) is 1. The minimum atomic E-state index is -0.409. The Balaban J connectivity index is 0.00000162. The van der Waals surface area contributed by atoms with Crippen molar-refractivity contribution in [3.8, 4) is 5.75 Å². The summed E-state index contributed by atoms with van der Waals surface area (Å²) in [5, 5.41) is 10.5. The summed E-state index contributed by atoms with van der Waals surface area (Å²) in [7, 11) is 0. The lowest BCUT2D eigenvalue weighted by atomic mass is 10.3. The third-order valence-electron chi connectivity index (χ3n) is 2.92. The number of halogens is 1. The van der Waals surface area contributed by atoms with Crippen molar-refractivity contribution in [2.45, 2.75) is 12.8 Å². The molecule has 0 atom stereocenters. The number of nitro benzene ring substituents is 1. The predicted octanol–water partition coefficient (Wildman–Crippen LogP) is 2.49. The summed E-state index contributed by atoms with van der Waals surface area (Å²) < 4.78 is 5.54. The Morgan fingerprint density at radius 1 is 1.22 bits per heavy atom. The van der Waals surface area contributed by atoms with Gasteiger partial charge in [0.25, 0.3) is 5.69 Å². The van der Waals surface area contributed by atoms with Gasteiger partial charge in [0.15, 0.2) is 0 Å². The second kappa shape index (κ2) is 7.18. The average Bonchev–Trinajstić information content (AvgIpc) is 2.83. The second-order valence-corrected chi connectivity index (χ2v) is 4.15. The first-order chi connectivity index (χ1) is 8.25. The summed E-state index contributed by atoms with van der Waals surface area (Å²) >= 11 is 0. The summed E-state index contributed by atoms with van der Waals surface area (Å²) in [5.74, 6) is 0.690. The normalized spacial score (nSPS) is 15.1. The first-order valence-corrected chi connectivity index (χ1v) is 5.85. The molecule has 1 aliphatic heterocycles. The van der Waals surface area contributed by atoms with E-state index in [0.717, 1.165) is 19.6 Å². The van der Waals surface area contributed by atoms with Gasteiger partial charge in [0.05, 0.1) is 4.92 Å². The lowest BCUT2D eigenvalue weighted by Gasteiger charge is -2.14. The molecule has 2 rings (SSSR count). The van der Waals surface area contributed by atoms with Crippen molar-refractivity contribution in [1.82, 2.24) is 4.90 Å². The molecular formula is C12H17ClN2O3. The van der Waals surface area contributed by atoms with E-state index in [0.29, 0.717) is 12.4 Å². The molecule has 1 aromatic carbocycles. The number of nitro groups is 1. The molecule has 0 N–H and O–H groups in total. The quantitative estimate of drug-likeness (QED) is 0.610. The van der Waals surface area contributed by atoms with Crippen LogP contribution in [0.4, 0.5) is 5.69 Å². The molecule has 100 valence electrons. The molecule has 0 unspecified atom stereocenters. The number of ether oxygens (including phenoxy) is 1. The predicted molar refractivity (Wildman–Crippen MR) is 71.5 cm³/mol. The lowest BCUT2D eigenvalue weighted by molar-refractivity contribution is -0.384. The van der Waals surface area contributed by atoms with Gasteiger partial charge < -0.3 is 4.74 Å². The highest BCUT2D eigenvalue weighted by Crippen LogP contribution is 2.17. The third kappa shape index (κ3) is 4.16. The second-order valence-electron chi connectivity index (χ2n) is 4.15. The van der Waals surface area contributed by atoms with Gasteiger partial charge in [0, 0.05) is 18.7 Å². The average molecular weight is 273 g/mol. The van der Waals surface area contributed by atoms with E-state index in [2.05, 4.69) is 4.90 Å². The van der Waals surface area contributed by atoms with E-state index in [1.54, 1.807) is 12.1 Å². The molecule has 1 aliphatic rings. The molecule has 5 nitrogen and oxygen atoms in total. The van der Waals surface area contributed by atoms with Gasteiger partial charge in [0.2, 0.25) is 0 Å². The molecule has 1 heterocycles. The van der Waals surface area contributed by atoms with E-state index in [9.17, 15) is 10.1 Å². The Morgan fingerprint density at radius 2 is 1.83 bits per heavy atom. The zero-order valence-electron chi connectivity index (χ0n) is 10.1. The molecule has 1 aromatic rings. The molecule has 0 radical (unpaired) electrons. The van der Waals surface area contributed by atoms with Crippen LogP contribution in [0, 0.1) is 10.1 Å². The highest BCUT2D eigenvalue weighted by molar-refractivity contribution is 5.85. The number of benzene rings is 1. The topological polar surface area (TPSA) is 55.6 Å². The van der Waals surface area contributed by atoms with Gasteiger partial charge >= 0.3 is 0 Å². The van der Waals surface area contributed by atoms with Crippen molar-refractivity contribution < 1.29 is 9.66 Å². The van der Waals surface area contributed by atoms with E-state index in [1.165, 1.54) is 25.0 Å². The fourth-order valence-corrected chi connectivity index (χ4v) is 1.96. The van der Waals surface area contributed by atoms with Crippen LogP contribution in [0.2, 0.25) is 0 Å². The minimum Gasteiger partial charge on any atom is -0.492 e. The maximum atomic E-state index is 10.5. The largest absolute Gasteiger partial charge is 0.492 e. The first-order valence-electron chi connectivity index (χ1n) is 5.85. The number of hydrogen-bond donors (Lipinski definition) is 0.